The lowest BCUT2D eigenvalue weighted by molar-refractivity contribution is 0.0653. The van der Waals surface area contributed by atoms with Gasteiger partial charge in [-0.1, -0.05) is 6.92 Å². The fraction of sp³-hybridized carbons (Fsp3) is 0.400. The summed E-state index contributed by atoms with van der Waals surface area (Å²) in [6.45, 7) is 1.92. The Bertz CT molecular complexity index is 367. The van der Waals surface area contributed by atoms with E-state index < -0.39 is 6.10 Å². The Morgan fingerprint density at radius 3 is 2.93 bits per heavy atom. The van der Waals surface area contributed by atoms with E-state index in [1.807, 2.05) is 6.92 Å². The van der Waals surface area contributed by atoms with E-state index in [2.05, 4.69) is 15.9 Å². The molecule has 2 nitrogen and oxygen atoms in total. The normalized spacial score (nSPS) is 24.6. The first-order valence-electron chi connectivity index (χ1n) is 4.47. The second kappa shape index (κ2) is 3.51. The van der Waals surface area contributed by atoms with Crippen LogP contribution in [-0.4, -0.2) is 11.2 Å². The van der Waals surface area contributed by atoms with Gasteiger partial charge in [-0.2, -0.15) is 0 Å². The van der Waals surface area contributed by atoms with Crippen LogP contribution in [0.1, 0.15) is 25.0 Å². The molecule has 4 heteroatoms. The third-order valence-electron chi connectivity index (χ3n) is 2.40. The number of fused-ring (bicyclic) bond motifs is 1. The first-order valence-corrected chi connectivity index (χ1v) is 5.26. The first kappa shape index (κ1) is 9.93. The molecule has 0 aliphatic carbocycles. The number of hydrogen-bond donors (Lipinski definition) is 1. The fourth-order valence-electron chi connectivity index (χ4n) is 1.61. The van der Waals surface area contributed by atoms with E-state index in [1.165, 1.54) is 6.07 Å². The minimum Gasteiger partial charge on any atom is -0.487 e. The lowest BCUT2D eigenvalue weighted by Gasteiger charge is -2.10. The standard InChI is InChI=1S/C10H10BrFO2/c1-2-8-10(13)5-3-6(11)7(12)4-9(5)14-8/h3-4,8,10,13H,2H2,1H3. The summed E-state index contributed by atoms with van der Waals surface area (Å²) in [4.78, 5) is 0. The van der Waals surface area contributed by atoms with E-state index in [1.54, 1.807) is 6.07 Å². The molecule has 0 spiro atoms. The molecule has 2 unspecified atom stereocenters. The summed E-state index contributed by atoms with van der Waals surface area (Å²) in [6.07, 6.45) is -0.194. The molecule has 0 saturated heterocycles. The van der Waals surface area contributed by atoms with Gasteiger partial charge in [-0.05, 0) is 28.4 Å². The molecule has 14 heavy (non-hydrogen) atoms. The van der Waals surface area contributed by atoms with E-state index in [0.29, 0.717) is 22.2 Å². The van der Waals surface area contributed by atoms with Crippen molar-refractivity contribution in [3.05, 3.63) is 28.0 Å². The predicted octanol–water partition coefficient (Wildman–Crippen LogP) is 2.79. The Balaban J connectivity index is 2.44. The highest BCUT2D eigenvalue weighted by molar-refractivity contribution is 9.10. The Morgan fingerprint density at radius 2 is 2.29 bits per heavy atom. The van der Waals surface area contributed by atoms with Crippen molar-refractivity contribution in [1.29, 1.82) is 0 Å². The van der Waals surface area contributed by atoms with E-state index in [0.717, 1.165) is 0 Å². The van der Waals surface area contributed by atoms with Crippen LogP contribution in [0.25, 0.3) is 0 Å². The zero-order valence-electron chi connectivity index (χ0n) is 7.63. The molecule has 0 amide bonds. The van der Waals surface area contributed by atoms with Crippen LogP contribution in [0.2, 0.25) is 0 Å². The second-order valence-electron chi connectivity index (χ2n) is 3.31. The summed E-state index contributed by atoms with van der Waals surface area (Å²) in [6, 6.07) is 2.88. The average molecular weight is 261 g/mol. The number of aliphatic hydroxyl groups excluding tert-OH is 1. The molecular formula is C10H10BrFO2. The van der Waals surface area contributed by atoms with Gasteiger partial charge in [-0.15, -0.1) is 0 Å². The molecule has 1 N–H and O–H groups in total. The van der Waals surface area contributed by atoms with Crippen LogP contribution in [0.15, 0.2) is 16.6 Å². The number of hydrogen-bond acceptors (Lipinski definition) is 2. The number of benzene rings is 1. The van der Waals surface area contributed by atoms with Gasteiger partial charge in [0.05, 0.1) is 4.47 Å². The number of aliphatic hydroxyl groups is 1. The summed E-state index contributed by atoms with van der Waals surface area (Å²) >= 11 is 3.08. The number of rotatable bonds is 1. The molecule has 0 fully saturated rings. The van der Waals surface area contributed by atoms with Gasteiger partial charge in [0.15, 0.2) is 0 Å². The quantitative estimate of drug-likeness (QED) is 0.842. The van der Waals surface area contributed by atoms with Gasteiger partial charge in [0, 0.05) is 11.6 Å². The third kappa shape index (κ3) is 1.42. The average Bonchev–Trinajstić information content (AvgIpc) is 2.45. The molecule has 1 heterocycles. The Morgan fingerprint density at radius 1 is 1.57 bits per heavy atom. The maximum Gasteiger partial charge on any atom is 0.141 e. The third-order valence-corrected chi connectivity index (χ3v) is 3.01. The molecule has 1 aliphatic heterocycles. The van der Waals surface area contributed by atoms with Crippen molar-refractivity contribution in [2.24, 2.45) is 0 Å². The van der Waals surface area contributed by atoms with Crippen molar-refractivity contribution in [2.45, 2.75) is 25.6 Å². The van der Waals surface area contributed by atoms with E-state index in [4.69, 9.17) is 4.74 Å². The Labute approximate surface area is 89.8 Å². The van der Waals surface area contributed by atoms with Crippen LogP contribution < -0.4 is 4.74 Å². The SMILES string of the molecule is CCC1Oc2cc(F)c(Br)cc2C1O. The van der Waals surface area contributed by atoms with Crippen LogP contribution in [0.4, 0.5) is 4.39 Å². The molecule has 0 bridgehead atoms. The van der Waals surface area contributed by atoms with Crippen LogP contribution in [-0.2, 0) is 0 Å². The van der Waals surface area contributed by atoms with E-state index in [-0.39, 0.29) is 11.9 Å². The van der Waals surface area contributed by atoms with Crippen LogP contribution in [0.3, 0.4) is 0 Å². The van der Waals surface area contributed by atoms with Crippen molar-refractivity contribution < 1.29 is 14.2 Å². The molecule has 76 valence electrons. The monoisotopic (exact) mass is 260 g/mol. The van der Waals surface area contributed by atoms with Gasteiger partial charge in [0.25, 0.3) is 0 Å². The lowest BCUT2D eigenvalue weighted by Crippen LogP contribution is -2.16. The smallest absolute Gasteiger partial charge is 0.141 e. The molecule has 1 aromatic carbocycles. The van der Waals surface area contributed by atoms with Crippen molar-refractivity contribution in [3.63, 3.8) is 0 Å². The zero-order valence-corrected chi connectivity index (χ0v) is 9.21. The van der Waals surface area contributed by atoms with Crippen molar-refractivity contribution in [2.75, 3.05) is 0 Å². The maximum atomic E-state index is 13.1. The summed E-state index contributed by atoms with van der Waals surface area (Å²) in [5, 5.41) is 9.79. The van der Waals surface area contributed by atoms with Crippen LogP contribution >= 0.6 is 15.9 Å². The number of ether oxygens (including phenoxy) is 1. The minimum absolute atomic E-state index is 0.251. The first-order chi connectivity index (χ1) is 6.63. The topological polar surface area (TPSA) is 29.5 Å². The van der Waals surface area contributed by atoms with Gasteiger partial charge in [-0.3, -0.25) is 0 Å². The minimum atomic E-state index is -0.646. The predicted molar refractivity (Wildman–Crippen MR) is 53.8 cm³/mol. The Kier molecular flexibility index (Phi) is 2.49. The van der Waals surface area contributed by atoms with E-state index >= 15 is 0 Å². The fourth-order valence-corrected chi connectivity index (χ4v) is 1.97. The van der Waals surface area contributed by atoms with Crippen molar-refractivity contribution in [1.82, 2.24) is 0 Å². The summed E-state index contributed by atoms with van der Waals surface area (Å²) in [5.74, 6) is 0.0813. The van der Waals surface area contributed by atoms with Gasteiger partial charge < -0.3 is 9.84 Å². The molecule has 1 aliphatic rings. The van der Waals surface area contributed by atoms with Crippen LogP contribution in [0, 0.1) is 5.82 Å². The zero-order chi connectivity index (χ0) is 10.3. The lowest BCUT2D eigenvalue weighted by atomic mass is 10.1. The van der Waals surface area contributed by atoms with E-state index in [9.17, 15) is 9.50 Å². The summed E-state index contributed by atoms with van der Waals surface area (Å²) in [5.41, 5.74) is 0.658. The highest BCUT2D eigenvalue weighted by atomic mass is 79.9. The Hall–Kier alpha value is -0.610. The molecule has 0 radical (unpaired) electrons. The molecule has 0 saturated carbocycles. The molecular weight excluding hydrogens is 251 g/mol. The summed E-state index contributed by atoms with van der Waals surface area (Å²) < 4.78 is 18.9. The van der Waals surface area contributed by atoms with Gasteiger partial charge in [0.2, 0.25) is 0 Å². The van der Waals surface area contributed by atoms with Crippen LogP contribution in [0.5, 0.6) is 5.75 Å². The maximum absolute atomic E-state index is 13.1. The highest BCUT2D eigenvalue weighted by Crippen LogP contribution is 2.40. The van der Waals surface area contributed by atoms with Gasteiger partial charge in [0.1, 0.15) is 23.8 Å². The second-order valence-corrected chi connectivity index (χ2v) is 4.17. The van der Waals surface area contributed by atoms with Crippen molar-refractivity contribution in [3.8, 4) is 5.75 Å². The van der Waals surface area contributed by atoms with Gasteiger partial charge >= 0.3 is 0 Å². The number of halogens is 2. The van der Waals surface area contributed by atoms with Gasteiger partial charge in [-0.25, -0.2) is 4.39 Å². The van der Waals surface area contributed by atoms with Crippen molar-refractivity contribution >= 4 is 15.9 Å². The summed E-state index contributed by atoms with van der Waals surface area (Å²) in [7, 11) is 0. The largest absolute Gasteiger partial charge is 0.487 e. The molecule has 2 atom stereocenters. The molecule has 2 rings (SSSR count). The highest BCUT2D eigenvalue weighted by Gasteiger charge is 2.32. The molecule has 1 aromatic rings. The molecule has 0 aromatic heterocycles.